The monoisotopic (exact) mass is 286 g/mol. The molecule has 0 atom stereocenters. The number of ketones is 1. The van der Waals surface area contributed by atoms with Gasteiger partial charge in [-0.3, -0.25) is 4.79 Å². The van der Waals surface area contributed by atoms with Crippen LogP contribution in [0.1, 0.15) is 17.3 Å². The maximum absolute atomic E-state index is 11.8. The molecule has 1 aromatic rings. The van der Waals surface area contributed by atoms with Crippen molar-refractivity contribution in [2.75, 3.05) is 20.0 Å². The summed E-state index contributed by atoms with van der Waals surface area (Å²) >= 11 is 0. The normalized spacial score (nSPS) is 10.9. The van der Waals surface area contributed by atoms with Crippen molar-refractivity contribution >= 4 is 21.6 Å². The third kappa shape index (κ3) is 3.31. The molecule has 7 heteroatoms. The minimum Gasteiger partial charge on any atom is -0.495 e. The van der Waals surface area contributed by atoms with Crippen molar-refractivity contribution in [2.24, 2.45) is 0 Å². The van der Waals surface area contributed by atoms with Gasteiger partial charge in [0.05, 0.1) is 19.3 Å². The number of carbonyl (C=O) groups is 2. The molecule has 0 radical (unpaired) electrons. The summed E-state index contributed by atoms with van der Waals surface area (Å²) < 4.78 is 32.7. The summed E-state index contributed by atoms with van der Waals surface area (Å²) in [5.41, 5.74) is -0.135. The average molecular weight is 286 g/mol. The summed E-state index contributed by atoms with van der Waals surface area (Å²) in [5.74, 6) is -2.14. The van der Waals surface area contributed by atoms with Crippen molar-refractivity contribution in [3.8, 4) is 5.75 Å². The fraction of sp³-hybridized carbons (Fsp3) is 0.333. The Kier molecular flexibility index (Phi) is 4.66. The predicted molar refractivity (Wildman–Crippen MR) is 67.1 cm³/mol. The van der Waals surface area contributed by atoms with Gasteiger partial charge in [0.2, 0.25) is 0 Å². The van der Waals surface area contributed by atoms with Crippen LogP contribution in [0, 0.1) is 0 Å². The third-order valence-electron chi connectivity index (χ3n) is 2.29. The topological polar surface area (TPSA) is 86.7 Å². The molecule has 0 N–H and O–H groups in total. The largest absolute Gasteiger partial charge is 0.495 e. The molecule has 0 spiro atoms. The first-order valence-corrected chi connectivity index (χ1v) is 7.30. The van der Waals surface area contributed by atoms with E-state index in [0.29, 0.717) is 0 Å². The third-order valence-corrected chi connectivity index (χ3v) is 3.41. The van der Waals surface area contributed by atoms with Crippen molar-refractivity contribution in [1.82, 2.24) is 0 Å². The maximum Gasteiger partial charge on any atom is 0.379 e. The van der Waals surface area contributed by atoms with E-state index < -0.39 is 21.6 Å². The number of hydrogen-bond acceptors (Lipinski definition) is 6. The molecule has 0 aliphatic rings. The lowest BCUT2D eigenvalue weighted by Crippen LogP contribution is -2.19. The Balaban J connectivity index is 3.38. The quantitative estimate of drug-likeness (QED) is 0.453. The fourth-order valence-electron chi connectivity index (χ4n) is 1.50. The van der Waals surface area contributed by atoms with E-state index in [1.807, 2.05) is 0 Å². The molecular formula is C12H14O6S. The van der Waals surface area contributed by atoms with Crippen molar-refractivity contribution in [3.63, 3.8) is 0 Å². The molecule has 0 saturated carbocycles. The van der Waals surface area contributed by atoms with E-state index >= 15 is 0 Å². The number of para-hydroxylation sites is 1. The molecular weight excluding hydrogens is 272 g/mol. The van der Waals surface area contributed by atoms with Gasteiger partial charge >= 0.3 is 5.97 Å². The van der Waals surface area contributed by atoms with E-state index in [0.717, 1.165) is 6.26 Å². The Morgan fingerprint density at radius 2 is 1.89 bits per heavy atom. The summed E-state index contributed by atoms with van der Waals surface area (Å²) in [7, 11) is -2.34. The first-order valence-electron chi connectivity index (χ1n) is 5.41. The number of rotatable bonds is 5. The lowest BCUT2D eigenvalue weighted by atomic mass is 10.1. The molecule has 0 aromatic heterocycles. The van der Waals surface area contributed by atoms with E-state index in [2.05, 4.69) is 4.74 Å². The van der Waals surface area contributed by atoms with Gasteiger partial charge in [-0.05, 0) is 19.1 Å². The maximum atomic E-state index is 11.8. The van der Waals surface area contributed by atoms with E-state index in [-0.39, 0.29) is 22.8 Å². The molecule has 1 rings (SSSR count). The predicted octanol–water partition coefficient (Wildman–Crippen LogP) is 0.845. The van der Waals surface area contributed by atoms with Crippen LogP contribution in [0.25, 0.3) is 0 Å². The Morgan fingerprint density at radius 3 is 2.37 bits per heavy atom. The van der Waals surface area contributed by atoms with Crippen molar-refractivity contribution < 1.29 is 27.5 Å². The Bertz CT molecular complexity index is 603. The number of Topliss-reactive ketones (excluding diaryl/α,β-unsaturated/α-hetero) is 1. The van der Waals surface area contributed by atoms with Crippen LogP contribution in [-0.4, -0.2) is 40.1 Å². The second-order valence-corrected chi connectivity index (χ2v) is 5.64. The van der Waals surface area contributed by atoms with Gasteiger partial charge in [-0.15, -0.1) is 0 Å². The summed E-state index contributed by atoms with van der Waals surface area (Å²) in [4.78, 5) is 23.1. The highest BCUT2D eigenvalue weighted by molar-refractivity contribution is 7.90. The number of sulfone groups is 1. The highest BCUT2D eigenvalue weighted by Crippen LogP contribution is 2.28. The number of hydrogen-bond donors (Lipinski definition) is 0. The second-order valence-electron chi connectivity index (χ2n) is 3.66. The summed E-state index contributed by atoms with van der Waals surface area (Å²) in [6.07, 6.45) is 0.990. The summed E-state index contributed by atoms with van der Waals surface area (Å²) in [6.45, 7) is 1.62. The molecule has 0 unspecified atom stereocenters. The number of methoxy groups -OCH3 is 1. The molecule has 104 valence electrons. The van der Waals surface area contributed by atoms with Crippen LogP contribution in [0.15, 0.2) is 23.1 Å². The molecule has 0 saturated heterocycles. The number of carbonyl (C=O) groups excluding carboxylic acids is 2. The van der Waals surface area contributed by atoms with Gasteiger partial charge in [0.25, 0.3) is 5.78 Å². The number of ether oxygens (including phenoxy) is 2. The molecule has 0 fully saturated rings. The molecule has 0 bridgehead atoms. The zero-order valence-corrected chi connectivity index (χ0v) is 11.6. The molecule has 0 amide bonds. The van der Waals surface area contributed by atoms with Crippen molar-refractivity contribution in [3.05, 3.63) is 23.8 Å². The Labute approximate surface area is 111 Å². The fourth-order valence-corrected chi connectivity index (χ4v) is 2.36. The Hall–Kier alpha value is -1.89. The zero-order valence-electron chi connectivity index (χ0n) is 10.8. The van der Waals surface area contributed by atoms with Crippen molar-refractivity contribution in [2.45, 2.75) is 11.8 Å². The molecule has 0 aliphatic carbocycles. The van der Waals surface area contributed by atoms with Gasteiger partial charge < -0.3 is 9.47 Å². The lowest BCUT2D eigenvalue weighted by Gasteiger charge is -2.11. The highest BCUT2D eigenvalue weighted by atomic mass is 32.2. The van der Waals surface area contributed by atoms with Gasteiger partial charge in [-0.25, -0.2) is 13.2 Å². The van der Waals surface area contributed by atoms with Crippen LogP contribution in [0.2, 0.25) is 0 Å². The molecule has 1 aromatic carbocycles. The lowest BCUT2D eigenvalue weighted by molar-refractivity contribution is -0.137. The van der Waals surface area contributed by atoms with Crippen molar-refractivity contribution in [1.29, 1.82) is 0 Å². The molecule has 6 nitrogen and oxygen atoms in total. The first kappa shape index (κ1) is 15.2. The highest BCUT2D eigenvalue weighted by Gasteiger charge is 2.26. The average Bonchev–Trinajstić information content (AvgIpc) is 2.36. The minimum absolute atomic E-state index is 0.0542. The van der Waals surface area contributed by atoms with Crippen LogP contribution < -0.4 is 4.74 Å². The minimum atomic E-state index is -3.57. The van der Waals surface area contributed by atoms with Gasteiger partial charge in [0.15, 0.2) is 9.84 Å². The zero-order chi connectivity index (χ0) is 14.6. The van der Waals surface area contributed by atoms with Crippen LogP contribution in [0.3, 0.4) is 0 Å². The van der Waals surface area contributed by atoms with Gasteiger partial charge in [-0.2, -0.15) is 0 Å². The van der Waals surface area contributed by atoms with E-state index in [1.54, 1.807) is 6.92 Å². The number of esters is 1. The van der Waals surface area contributed by atoms with E-state index in [4.69, 9.17) is 4.74 Å². The van der Waals surface area contributed by atoms with Crippen LogP contribution >= 0.6 is 0 Å². The SMILES string of the molecule is CCOC(=O)C(=O)c1cccc(S(C)(=O)=O)c1OC. The van der Waals surface area contributed by atoms with Crippen LogP contribution in [-0.2, 0) is 19.4 Å². The molecule has 19 heavy (non-hydrogen) atoms. The second kappa shape index (κ2) is 5.83. The van der Waals surface area contributed by atoms with Crippen LogP contribution in [0.4, 0.5) is 0 Å². The number of benzene rings is 1. The van der Waals surface area contributed by atoms with Gasteiger partial charge in [0, 0.05) is 6.26 Å². The van der Waals surface area contributed by atoms with Gasteiger partial charge in [-0.1, -0.05) is 6.07 Å². The standard InChI is InChI=1S/C12H14O6S/c1-4-18-12(14)10(13)8-6-5-7-9(11(8)17-2)19(3,15)16/h5-7H,4H2,1-3H3. The summed E-state index contributed by atoms with van der Waals surface area (Å²) in [5, 5.41) is 0. The van der Waals surface area contributed by atoms with E-state index in [9.17, 15) is 18.0 Å². The molecule has 0 heterocycles. The summed E-state index contributed by atoms with van der Waals surface area (Å²) in [6, 6.07) is 3.98. The van der Waals surface area contributed by atoms with Gasteiger partial charge in [0.1, 0.15) is 10.6 Å². The first-order chi connectivity index (χ1) is 8.82. The van der Waals surface area contributed by atoms with Crippen LogP contribution in [0.5, 0.6) is 5.75 Å². The molecule has 0 aliphatic heterocycles. The smallest absolute Gasteiger partial charge is 0.379 e. The Morgan fingerprint density at radius 1 is 1.26 bits per heavy atom. The van der Waals surface area contributed by atoms with E-state index in [1.165, 1.54) is 25.3 Å².